The minimum absolute atomic E-state index is 0.0367. The molecule has 1 unspecified atom stereocenters. The van der Waals surface area contributed by atoms with Gasteiger partial charge in [-0.25, -0.2) is 4.68 Å². The largest absolute Gasteiger partial charge is 0.309 e. The van der Waals surface area contributed by atoms with Gasteiger partial charge in [0.2, 0.25) is 5.91 Å². The van der Waals surface area contributed by atoms with E-state index >= 15 is 0 Å². The molecule has 0 aliphatic carbocycles. The van der Waals surface area contributed by atoms with Crippen molar-refractivity contribution in [2.75, 3.05) is 17.2 Å². The van der Waals surface area contributed by atoms with Crippen molar-refractivity contribution in [2.24, 2.45) is 5.92 Å². The second-order valence-electron chi connectivity index (χ2n) is 7.16. The lowest BCUT2D eigenvalue weighted by molar-refractivity contribution is -0.121. The Morgan fingerprint density at radius 1 is 1.44 bits per heavy atom. The molecule has 0 saturated heterocycles. The molecule has 5 nitrogen and oxygen atoms in total. The van der Waals surface area contributed by atoms with Gasteiger partial charge < -0.3 is 4.90 Å². The van der Waals surface area contributed by atoms with Gasteiger partial charge >= 0.3 is 0 Å². The van der Waals surface area contributed by atoms with Crippen molar-refractivity contribution < 1.29 is 4.79 Å². The minimum atomic E-state index is -0.0367. The lowest BCUT2D eigenvalue weighted by atomic mass is 9.56. The molecule has 0 bridgehead atoms. The lowest BCUT2D eigenvalue weighted by Crippen LogP contribution is -2.37. The standard InChI is InChI=1S/C16H25B3N4OS/c1-4-22(15(24)11(2)10-25-16(17,18)19)14-9-23(21-12(14)3)13-6-5-7-20-8-13/h5-9,11H,4,10,17-19H2,1-3H3. The van der Waals surface area contributed by atoms with Crippen LogP contribution in [0.3, 0.4) is 0 Å². The zero-order valence-corrected chi connectivity index (χ0v) is 16.8. The number of aryl methyl sites for hydroxylation is 1. The van der Waals surface area contributed by atoms with Gasteiger partial charge in [0.1, 0.15) is 23.5 Å². The van der Waals surface area contributed by atoms with Crippen molar-refractivity contribution in [2.45, 2.75) is 25.2 Å². The molecule has 0 aliphatic heterocycles. The molecule has 0 saturated carbocycles. The quantitative estimate of drug-likeness (QED) is 0.647. The molecule has 0 spiro atoms. The number of aromatic nitrogens is 3. The van der Waals surface area contributed by atoms with Crippen LogP contribution in [0.15, 0.2) is 30.7 Å². The fraction of sp³-hybridized carbons (Fsp3) is 0.438. The van der Waals surface area contributed by atoms with Crippen LogP contribution in [0.1, 0.15) is 19.5 Å². The molecule has 0 fully saturated rings. The zero-order chi connectivity index (χ0) is 18.6. The summed E-state index contributed by atoms with van der Waals surface area (Å²) in [5.41, 5.74) is 2.59. The highest BCUT2D eigenvalue weighted by atomic mass is 32.2. The van der Waals surface area contributed by atoms with Gasteiger partial charge in [0, 0.05) is 24.4 Å². The van der Waals surface area contributed by atoms with Crippen LogP contribution in [0.2, 0.25) is 0 Å². The van der Waals surface area contributed by atoms with E-state index in [1.165, 1.54) is 0 Å². The fourth-order valence-electron chi connectivity index (χ4n) is 2.49. The van der Waals surface area contributed by atoms with Crippen LogP contribution >= 0.6 is 11.8 Å². The van der Waals surface area contributed by atoms with Crippen LogP contribution in [-0.2, 0) is 4.79 Å². The second-order valence-corrected chi connectivity index (χ2v) is 9.01. The van der Waals surface area contributed by atoms with Crippen molar-refractivity contribution in [3.05, 3.63) is 36.4 Å². The average molecular weight is 354 g/mol. The highest BCUT2D eigenvalue weighted by Crippen LogP contribution is 2.25. The third-order valence-corrected chi connectivity index (χ3v) is 5.38. The first-order chi connectivity index (χ1) is 11.7. The van der Waals surface area contributed by atoms with Crippen LogP contribution < -0.4 is 4.90 Å². The van der Waals surface area contributed by atoms with E-state index in [1.807, 2.05) is 55.8 Å². The minimum Gasteiger partial charge on any atom is -0.309 e. The van der Waals surface area contributed by atoms with E-state index in [0.29, 0.717) is 6.54 Å². The maximum absolute atomic E-state index is 13.0. The number of rotatable bonds is 7. The van der Waals surface area contributed by atoms with Crippen LogP contribution in [0.25, 0.3) is 5.69 Å². The van der Waals surface area contributed by atoms with Gasteiger partial charge in [-0.1, -0.05) is 11.4 Å². The van der Waals surface area contributed by atoms with E-state index in [9.17, 15) is 4.79 Å². The highest BCUT2D eigenvalue weighted by Gasteiger charge is 2.25. The molecule has 0 N–H and O–H groups in total. The van der Waals surface area contributed by atoms with Crippen LogP contribution in [0.5, 0.6) is 0 Å². The number of nitrogens with zero attached hydrogens (tertiary/aromatic N) is 4. The van der Waals surface area contributed by atoms with Gasteiger partial charge in [-0.05, 0) is 26.0 Å². The van der Waals surface area contributed by atoms with Crippen molar-refractivity contribution in [1.82, 2.24) is 14.8 Å². The molecule has 0 aromatic carbocycles. The highest BCUT2D eigenvalue weighted by molar-refractivity contribution is 8.04. The Bertz CT molecular complexity index is 718. The lowest BCUT2D eigenvalue weighted by Gasteiger charge is -2.26. The molecule has 1 amide bonds. The summed E-state index contributed by atoms with van der Waals surface area (Å²) in [7, 11) is 6.53. The van der Waals surface area contributed by atoms with Gasteiger partial charge in [0.25, 0.3) is 0 Å². The van der Waals surface area contributed by atoms with Crippen LogP contribution in [0.4, 0.5) is 5.69 Å². The first-order valence-electron chi connectivity index (χ1n) is 8.65. The summed E-state index contributed by atoms with van der Waals surface area (Å²) in [6, 6.07) is 3.82. The number of amides is 1. The van der Waals surface area contributed by atoms with Gasteiger partial charge in [-0.3, -0.25) is 9.78 Å². The Kier molecular flexibility index (Phi) is 6.44. The van der Waals surface area contributed by atoms with E-state index in [1.54, 1.807) is 17.1 Å². The van der Waals surface area contributed by atoms with Crippen LogP contribution in [-0.4, -0.2) is 61.0 Å². The smallest absolute Gasteiger partial charge is 0.230 e. The normalized spacial score (nSPS) is 12.8. The predicted octanol–water partition coefficient (Wildman–Crippen LogP) is -0.191. The molecule has 0 radical (unpaired) electrons. The van der Waals surface area contributed by atoms with Gasteiger partial charge in [0.15, 0.2) is 0 Å². The van der Waals surface area contributed by atoms with E-state index in [-0.39, 0.29) is 16.3 Å². The molecule has 2 heterocycles. The van der Waals surface area contributed by atoms with Crippen molar-refractivity contribution in [3.8, 4) is 5.69 Å². The summed E-state index contributed by atoms with van der Waals surface area (Å²) in [5.74, 6) is 0.924. The molecular formula is C16H25B3N4OS. The Morgan fingerprint density at radius 2 is 2.16 bits per heavy atom. The molecule has 2 aromatic heterocycles. The SMILES string of the molecule is BC(B)(B)SCC(C)C(=O)N(CC)c1cn(-c2cccnc2)nc1C. The zero-order valence-electron chi connectivity index (χ0n) is 16.0. The first-order valence-corrected chi connectivity index (χ1v) is 9.63. The molecule has 0 aliphatic rings. The van der Waals surface area contributed by atoms with Gasteiger partial charge in [-0.2, -0.15) is 16.9 Å². The second kappa shape index (κ2) is 8.17. The molecule has 9 heteroatoms. The average Bonchev–Trinajstić information content (AvgIpc) is 2.95. The molecule has 2 rings (SSSR count). The Morgan fingerprint density at radius 3 is 2.72 bits per heavy atom. The summed E-state index contributed by atoms with van der Waals surface area (Å²) in [5, 5.41) is 4.55. The van der Waals surface area contributed by atoms with Crippen LogP contribution in [0, 0.1) is 12.8 Å². The topological polar surface area (TPSA) is 51.0 Å². The van der Waals surface area contributed by atoms with Crippen molar-refractivity contribution in [1.29, 1.82) is 0 Å². The van der Waals surface area contributed by atoms with E-state index in [4.69, 9.17) is 0 Å². The summed E-state index contributed by atoms with van der Waals surface area (Å²) in [6.45, 7) is 6.57. The number of carbonyl (C=O) groups excluding carboxylic acids is 1. The number of hydrogen-bond acceptors (Lipinski definition) is 4. The molecule has 2 aromatic rings. The third-order valence-electron chi connectivity index (χ3n) is 3.84. The number of hydrogen-bond donors (Lipinski definition) is 0. The number of anilines is 1. The number of thioether (sulfide) groups is 1. The molecule has 25 heavy (non-hydrogen) atoms. The van der Waals surface area contributed by atoms with Gasteiger partial charge in [0.05, 0.1) is 29.5 Å². The predicted molar refractivity (Wildman–Crippen MR) is 114 cm³/mol. The van der Waals surface area contributed by atoms with E-state index < -0.39 is 0 Å². The maximum Gasteiger partial charge on any atom is 0.230 e. The maximum atomic E-state index is 13.0. The van der Waals surface area contributed by atoms with E-state index in [0.717, 1.165) is 22.8 Å². The fourth-order valence-corrected chi connectivity index (χ4v) is 3.39. The summed E-state index contributed by atoms with van der Waals surface area (Å²) in [4.78, 5) is 18.9. The third kappa shape index (κ3) is 5.17. The Hall–Kier alpha value is -1.63. The van der Waals surface area contributed by atoms with Crippen molar-refractivity contribution in [3.63, 3.8) is 0 Å². The first kappa shape index (κ1) is 19.7. The molecule has 130 valence electrons. The monoisotopic (exact) mass is 354 g/mol. The summed E-state index contributed by atoms with van der Waals surface area (Å²) in [6.07, 6.45) is 5.41. The van der Waals surface area contributed by atoms with E-state index in [2.05, 4.69) is 33.6 Å². The summed E-state index contributed by atoms with van der Waals surface area (Å²) >= 11 is 1.82. The number of pyridine rings is 1. The summed E-state index contributed by atoms with van der Waals surface area (Å²) < 4.78 is 1.94. The van der Waals surface area contributed by atoms with Crippen molar-refractivity contribution >= 4 is 46.9 Å². The molecular weight excluding hydrogens is 329 g/mol. The Labute approximate surface area is 157 Å². The number of carbonyl (C=O) groups is 1. The molecule has 1 atom stereocenters. The van der Waals surface area contributed by atoms with Gasteiger partial charge in [-0.15, -0.1) is 0 Å². The Balaban J connectivity index is 2.20.